The summed E-state index contributed by atoms with van der Waals surface area (Å²) in [5, 5.41) is 8.77. The van der Waals surface area contributed by atoms with Crippen molar-refractivity contribution in [2.75, 3.05) is 13.7 Å². The van der Waals surface area contributed by atoms with Crippen molar-refractivity contribution < 1.29 is 14.6 Å². The molecule has 0 saturated heterocycles. The fraction of sp³-hybridized carbons (Fsp3) is 0.176. The van der Waals surface area contributed by atoms with Gasteiger partial charge in [-0.3, -0.25) is 0 Å². The van der Waals surface area contributed by atoms with Gasteiger partial charge in [-0.2, -0.15) is 0 Å². The van der Waals surface area contributed by atoms with Crippen LogP contribution < -0.4 is 9.47 Å². The number of benzene rings is 2. The summed E-state index contributed by atoms with van der Waals surface area (Å²) >= 11 is 0. The number of para-hydroxylation sites is 2. The Morgan fingerprint density at radius 2 is 1.70 bits per heavy atom. The van der Waals surface area contributed by atoms with Gasteiger partial charge in [-0.25, -0.2) is 0 Å². The van der Waals surface area contributed by atoms with Gasteiger partial charge >= 0.3 is 0 Å². The Bertz CT molecular complexity index is 623. The second-order valence-electron chi connectivity index (χ2n) is 4.06. The molecule has 0 saturated carbocycles. The van der Waals surface area contributed by atoms with Gasteiger partial charge in [0.05, 0.1) is 7.11 Å². The summed E-state index contributed by atoms with van der Waals surface area (Å²) in [4.78, 5) is 0. The highest BCUT2D eigenvalue weighted by atomic mass is 16.5. The first kappa shape index (κ1) is 14.0. The molecule has 0 heterocycles. The fourth-order valence-corrected chi connectivity index (χ4v) is 1.80. The molecule has 0 aliphatic carbocycles. The molecular formula is C17H16O3. The number of aliphatic hydroxyl groups excluding tert-OH is 1. The van der Waals surface area contributed by atoms with Crippen LogP contribution in [0.4, 0.5) is 0 Å². The SMILES string of the molecule is COc1ccccc1OCc1ccccc1C#CCO. The van der Waals surface area contributed by atoms with Gasteiger partial charge in [0.15, 0.2) is 11.5 Å². The van der Waals surface area contributed by atoms with Crippen molar-refractivity contribution in [1.29, 1.82) is 0 Å². The van der Waals surface area contributed by atoms with Gasteiger partial charge in [0, 0.05) is 11.1 Å². The predicted molar refractivity (Wildman–Crippen MR) is 77.7 cm³/mol. The molecule has 0 fully saturated rings. The molecule has 3 nitrogen and oxygen atoms in total. The first-order valence-corrected chi connectivity index (χ1v) is 6.28. The lowest BCUT2D eigenvalue weighted by atomic mass is 10.1. The number of ether oxygens (including phenoxy) is 2. The molecule has 0 bridgehead atoms. The van der Waals surface area contributed by atoms with E-state index in [-0.39, 0.29) is 6.61 Å². The van der Waals surface area contributed by atoms with Crippen molar-refractivity contribution in [3.8, 4) is 23.3 Å². The Morgan fingerprint density at radius 1 is 1.00 bits per heavy atom. The van der Waals surface area contributed by atoms with E-state index < -0.39 is 0 Å². The lowest BCUT2D eigenvalue weighted by Crippen LogP contribution is -1.99. The summed E-state index contributed by atoms with van der Waals surface area (Å²) in [5.74, 6) is 6.96. The quantitative estimate of drug-likeness (QED) is 0.866. The van der Waals surface area contributed by atoms with Crippen LogP contribution in [-0.2, 0) is 6.61 Å². The van der Waals surface area contributed by atoms with Gasteiger partial charge in [-0.15, -0.1) is 0 Å². The van der Waals surface area contributed by atoms with Crippen LogP contribution in [-0.4, -0.2) is 18.8 Å². The molecule has 0 amide bonds. The minimum Gasteiger partial charge on any atom is -0.493 e. The molecule has 20 heavy (non-hydrogen) atoms. The third kappa shape index (κ3) is 3.53. The van der Waals surface area contributed by atoms with Crippen LogP contribution in [0, 0.1) is 11.8 Å². The zero-order chi connectivity index (χ0) is 14.2. The monoisotopic (exact) mass is 268 g/mol. The van der Waals surface area contributed by atoms with Crippen molar-refractivity contribution in [3.05, 3.63) is 59.7 Å². The normalized spacial score (nSPS) is 9.50. The average Bonchev–Trinajstić information content (AvgIpc) is 2.52. The lowest BCUT2D eigenvalue weighted by molar-refractivity contribution is 0.284. The topological polar surface area (TPSA) is 38.7 Å². The van der Waals surface area contributed by atoms with Crippen LogP contribution in [0.3, 0.4) is 0 Å². The van der Waals surface area contributed by atoms with Crippen molar-refractivity contribution in [3.63, 3.8) is 0 Å². The van der Waals surface area contributed by atoms with E-state index in [1.807, 2.05) is 48.5 Å². The van der Waals surface area contributed by atoms with Crippen LogP contribution in [0.5, 0.6) is 11.5 Å². The Labute approximate surface area is 118 Å². The van der Waals surface area contributed by atoms with Crippen molar-refractivity contribution >= 4 is 0 Å². The molecule has 0 aromatic heterocycles. The molecule has 0 unspecified atom stereocenters. The number of rotatable bonds is 4. The molecule has 1 N–H and O–H groups in total. The molecular weight excluding hydrogens is 252 g/mol. The predicted octanol–water partition coefficient (Wildman–Crippen LogP) is 2.62. The van der Waals surface area contributed by atoms with Crippen LogP contribution in [0.2, 0.25) is 0 Å². The van der Waals surface area contributed by atoms with E-state index in [1.54, 1.807) is 7.11 Å². The molecule has 0 aliphatic rings. The number of hydrogen-bond acceptors (Lipinski definition) is 3. The van der Waals surface area contributed by atoms with Gasteiger partial charge < -0.3 is 14.6 Å². The van der Waals surface area contributed by atoms with Gasteiger partial charge in [0.1, 0.15) is 13.2 Å². The average molecular weight is 268 g/mol. The fourth-order valence-electron chi connectivity index (χ4n) is 1.80. The van der Waals surface area contributed by atoms with E-state index in [2.05, 4.69) is 11.8 Å². The number of methoxy groups -OCH3 is 1. The number of aliphatic hydroxyl groups is 1. The molecule has 2 aromatic rings. The van der Waals surface area contributed by atoms with Crippen LogP contribution in [0.1, 0.15) is 11.1 Å². The van der Waals surface area contributed by atoms with Crippen molar-refractivity contribution in [2.45, 2.75) is 6.61 Å². The summed E-state index contributed by atoms with van der Waals surface area (Å²) in [6.07, 6.45) is 0. The van der Waals surface area contributed by atoms with Gasteiger partial charge in [-0.05, 0) is 18.2 Å². The first-order valence-electron chi connectivity index (χ1n) is 6.28. The number of hydrogen-bond donors (Lipinski definition) is 1. The Kier molecular flexibility index (Phi) is 5.05. The second kappa shape index (κ2) is 7.22. The van der Waals surface area contributed by atoms with Crippen molar-refractivity contribution in [1.82, 2.24) is 0 Å². The zero-order valence-electron chi connectivity index (χ0n) is 11.3. The molecule has 0 spiro atoms. The lowest BCUT2D eigenvalue weighted by Gasteiger charge is -2.11. The van der Waals surface area contributed by atoms with Crippen molar-refractivity contribution in [2.24, 2.45) is 0 Å². The Morgan fingerprint density at radius 3 is 2.45 bits per heavy atom. The van der Waals surface area contributed by atoms with E-state index in [0.29, 0.717) is 18.1 Å². The van der Waals surface area contributed by atoms with Crippen LogP contribution in [0.25, 0.3) is 0 Å². The molecule has 0 atom stereocenters. The highest BCUT2D eigenvalue weighted by Crippen LogP contribution is 2.26. The smallest absolute Gasteiger partial charge is 0.161 e. The molecule has 2 aromatic carbocycles. The Hall–Kier alpha value is -2.44. The van der Waals surface area contributed by atoms with Crippen LogP contribution in [0.15, 0.2) is 48.5 Å². The Balaban J connectivity index is 2.15. The van der Waals surface area contributed by atoms with Gasteiger partial charge in [0.25, 0.3) is 0 Å². The molecule has 2 rings (SSSR count). The summed E-state index contributed by atoms with van der Waals surface area (Å²) in [6, 6.07) is 15.2. The minimum atomic E-state index is -0.151. The largest absolute Gasteiger partial charge is 0.493 e. The van der Waals surface area contributed by atoms with E-state index in [9.17, 15) is 0 Å². The third-order valence-electron chi connectivity index (χ3n) is 2.77. The molecule has 0 radical (unpaired) electrons. The maximum absolute atomic E-state index is 8.77. The standard InChI is InChI=1S/C17H16O3/c1-19-16-10-4-5-11-17(16)20-13-15-8-3-2-7-14(15)9-6-12-18/h2-5,7-8,10-11,18H,12-13H2,1H3. The van der Waals surface area contributed by atoms with E-state index >= 15 is 0 Å². The van der Waals surface area contributed by atoms with E-state index in [0.717, 1.165) is 11.1 Å². The summed E-state index contributed by atoms with van der Waals surface area (Å²) < 4.78 is 11.0. The zero-order valence-corrected chi connectivity index (χ0v) is 11.3. The van der Waals surface area contributed by atoms with E-state index in [4.69, 9.17) is 14.6 Å². The van der Waals surface area contributed by atoms with Crippen LogP contribution >= 0.6 is 0 Å². The molecule has 0 aliphatic heterocycles. The minimum absolute atomic E-state index is 0.151. The highest BCUT2D eigenvalue weighted by molar-refractivity contribution is 5.43. The maximum Gasteiger partial charge on any atom is 0.161 e. The van der Waals surface area contributed by atoms with Gasteiger partial charge in [-0.1, -0.05) is 42.2 Å². The van der Waals surface area contributed by atoms with Gasteiger partial charge in [0.2, 0.25) is 0 Å². The third-order valence-corrected chi connectivity index (χ3v) is 2.77. The maximum atomic E-state index is 8.77. The second-order valence-corrected chi connectivity index (χ2v) is 4.06. The van der Waals surface area contributed by atoms with E-state index in [1.165, 1.54) is 0 Å². The highest BCUT2D eigenvalue weighted by Gasteiger charge is 2.04. The summed E-state index contributed by atoms with van der Waals surface area (Å²) in [5.41, 5.74) is 1.83. The molecule has 3 heteroatoms. The first-order chi connectivity index (χ1) is 9.85. The summed E-state index contributed by atoms with van der Waals surface area (Å²) in [6.45, 7) is 0.248. The molecule has 102 valence electrons. The summed E-state index contributed by atoms with van der Waals surface area (Å²) in [7, 11) is 1.61.